The van der Waals surface area contributed by atoms with Crippen LogP contribution in [0.1, 0.15) is 194 Å². The second kappa shape index (κ2) is 41.7. The van der Waals surface area contributed by atoms with E-state index in [1.807, 2.05) is 44.2 Å². The van der Waals surface area contributed by atoms with Gasteiger partial charge in [-0.25, -0.2) is 4.57 Å². The van der Waals surface area contributed by atoms with Crippen molar-refractivity contribution in [2.45, 2.75) is 237 Å². The van der Waals surface area contributed by atoms with Gasteiger partial charge in [0.25, 0.3) is 0 Å². The van der Waals surface area contributed by atoms with E-state index in [1.54, 1.807) is 7.05 Å². The second-order valence-corrected chi connectivity index (χ2v) is 21.8. The molecule has 1 amide bonds. The highest BCUT2D eigenvalue weighted by atomic mass is 31.2. The van der Waals surface area contributed by atoms with Crippen LogP contribution in [0.4, 0.5) is 0 Å². The van der Waals surface area contributed by atoms with E-state index in [9.17, 15) is 39.2 Å². The van der Waals surface area contributed by atoms with Crippen LogP contribution in [0.2, 0.25) is 0 Å². The maximum atomic E-state index is 13.5. The third-order valence-electron chi connectivity index (χ3n) is 13.2. The molecule has 1 fully saturated rings. The molecule has 0 aromatic heterocycles. The Bertz CT molecular complexity index is 1600. The summed E-state index contributed by atoms with van der Waals surface area (Å²) in [4.78, 5) is 49.6. The maximum Gasteiger partial charge on any atom is 0.481 e. The van der Waals surface area contributed by atoms with E-state index in [1.165, 1.54) is 89.9 Å². The minimum atomic E-state index is -4.69. The van der Waals surface area contributed by atoms with Crippen LogP contribution in [0.3, 0.4) is 0 Å². The average molecular weight is 1060 g/mol. The van der Waals surface area contributed by atoms with Crippen molar-refractivity contribution in [2.75, 3.05) is 46.6 Å². The molecule has 422 valence electrons. The third kappa shape index (κ3) is 32.0. The summed E-state index contributed by atoms with van der Waals surface area (Å²) in [5, 5.41) is 40.8. The van der Waals surface area contributed by atoms with E-state index in [4.69, 9.17) is 27.8 Å². The highest BCUT2D eigenvalue weighted by Crippen LogP contribution is 2.43. The van der Waals surface area contributed by atoms with Crippen LogP contribution in [0.15, 0.2) is 30.3 Å². The van der Waals surface area contributed by atoms with Crippen molar-refractivity contribution in [1.82, 2.24) is 16.0 Å². The van der Waals surface area contributed by atoms with Crippen LogP contribution >= 0.6 is 7.82 Å². The Morgan fingerprint density at radius 2 is 1.22 bits per heavy atom. The van der Waals surface area contributed by atoms with Gasteiger partial charge in [0, 0.05) is 25.9 Å². The molecule has 7 N–H and O–H groups in total. The number of ether oxygens (including phenoxy) is 2. The normalized spacial score (nSPS) is 17.8. The quantitative estimate of drug-likeness (QED) is 0.0140. The first-order chi connectivity index (χ1) is 35.2. The molecule has 2 rings (SSSR count). The van der Waals surface area contributed by atoms with E-state index in [0.717, 1.165) is 44.1 Å². The molecule has 1 aliphatic rings. The number of aliphatic hydroxyl groups excluding tert-OH is 3. The van der Waals surface area contributed by atoms with Gasteiger partial charge in [-0.1, -0.05) is 186 Å². The topological polar surface area (TPSA) is 241 Å². The Kier molecular flexibility index (Phi) is 38.0. The van der Waals surface area contributed by atoms with Crippen molar-refractivity contribution in [3.8, 4) is 0 Å². The number of likely N-dealkylation sites (N-methyl/N-ethyl adjacent to an activating group) is 1. The Hall–Kier alpha value is -2.48. The van der Waals surface area contributed by atoms with Gasteiger partial charge in [0.15, 0.2) is 6.10 Å². The Balaban J connectivity index is 1.88. The Morgan fingerprint density at radius 1 is 0.712 bits per heavy atom. The number of unbranched alkanes of at least 4 members (excludes halogenated alkanes) is 20. The van der Waals surface area contributed by atoms with Crippen molar-refractivity contribution in [3.63, 3.8) is 0 Å². The number of esters is 2. The molecule has 0 bridgehead atoms. The Labute approximate surface area is 439 Å². The zero-order chi connectivity index (χ0) is 53.5. The lowest BCUT2D eigenvalue weighted by Gasteiger charge is -2.26. The number of amides is 1. The standard InChI is InChI=1S/C54H99BN3O14P/c1-6-8-10-12-14-16-18-19-21-23-25-30-34-51(63)70-45(41-67-50(62)33-29-24-22-20-17-15-13-11-9-7-2)42-69-73(65,66)68-36-35-57-39-47(60)52-53(48(61)40-59)72-55(71-52)49(37-43(3)4)58-54(64)46(56-5)38-44-31-27-26-28-32-44/h26-28,31-32,43,45-49,52-53,56-57,59-61H,6-25,29-30,33-42H2,1-5H3,(H,58,64)(H,65,66)/t45?,46-,47+,48?,49-,52?,53+/m0/s1. The summed E-state index contributed by atoms with van der Waals surface area (Å²) in [6, 6.07) is 9.04. The van der Waals surface area contributed by atoms with Crippen LogP contribution in [0.25, 0.3) is 0 Å². The number of nitrogens with one attached hydrogen (secondary N) is 3. The molecule has 0 saturated carbocycles. The fraction of sp³-hybridized carbons (Fsp3) is 0.833. The number of carbonyl (C=O) groups excluding carboxylic acids is 3. The van der Waals surface area contributed by atoms with Crippen molar-refractivity contribution in [3.05, 3.63) is 35.9 Å². The van der Waals surface area contributed by atoms with Crippen LogP contribution in [-0.2, 0) is 53.2 Å². The zero-order valence-corrected chi connectivity index (χ0v) is 46.4. The SMILES string of the molecule is CCCCCCCCCCCCCCC(=O)OC(COC(=O)CCCCCCCCCCCC)COP(=O)(O)OCCNC[C@@H](O)C1OB([C@H](CC(C)C)NC(=O)[C@H](Cc2ccccc2)NC)O[C@@H]1C(O)CO. The predicted molar refractivity (Wildman–Crippen MR) is 287 cm³/mol. The molecule has 73 heavy (non-hydrogen) atoms. The first kappa shape index (κ1) is 66.6. The van der Waals surface area contributed by atoms with Crippen LogP contribution in [-0.4, -0.2) is 134 Å². The van der Waals surface area contributed by atoms with E-state index >= 15 is 0 Å². The van der Waals surface area contributed by atoms with Gasteiger partial charge in [-0.3, -0.25) is 23.4 Å². The number of hydrogen-bond donors (Lipinski definition) is 7. The summed E-state index contributed by atoms with van der Waals surface area (Å²) in [5.74, 6) is -1.79. The summed E-state index contributed by atoms with van der Waals surface area (Å²) in [5.41, 5.74) is 0.975. The predicted octanol–water partition coefficient (Wildman–Crippen LogP) is 8.45. The number of benzene rings is 1. The molecule has 1 aromatic rings. The largest absolute Gasteiger partial charge is 0.481 e. The minimum absolute atomic E-state index is 0.0257. The number of rotatable bonds is 47. The number of carbonyl (C=O) groups is 3. The van der Waals surface area contributed by atoms with Crippen LogP contribution in [0, 0.1) is 5.92 Å². The molecular weight excluding hydrogens is 956 g/mol. The third-order valence-corrected chi connectivity index (χ3v) is 14.2. The van der Waals surface area contributed by atoms with Gasteiger partial charge >= 0.3 is 26.9 Å². The molecule has 0 spiro atoms. The van der Waals surface area contributed by atoms with Gasteiger partial charge in [0.05, 0.1) is 50.1 Å². The van der Waals surface area contributed by atoms with Crippen molar-refractivity contribution < 1.29 is 67.0 Å². The lowest BCUT2D eigenvalue weighted by atomic mass is 9.74. The molecule has 17 nitrogen and oxygen atoms in total. The van der Waals surface area contributed by atoms with Crippen molar-refractivity contribution in [1.29, 1.82) is 0 Å². The van der Waals surface area contributed by atoms with E-state index in [-0.39, 0.29) is 51.0 Å². The molecule has 1 saturated heterocycles. The lowest BCUT2D eigenvalue weighted by molar-refractivity contribution is -0.161. The lowest BCUT2D eigenvalue weighted by Crippen LogP contribution is -2.54. The fourth-order valence-electron chi connectivity index (χ4n) is 8.91. The number of phosphoric ester groups is 1. The fourth-order valence-corrected chi connectivity index (χ4v) is 9.67. The van der Waals surface area contributed by atoms with Gasteiger partial charge < -0.3 is 54.9 Å². The van der Waals surface area contributed by atoms with E-state index < -0.39 is 82.6 Å². The smallest absolute Gasteiger partial charge is 0.462 e. The van der Waals surface area contributed by atoms with Gasteiger partial charge in [-0.2, -0.15) is 0 Å². The molecule has 1 aliphatic heterocycles. The Morgan fingerprint density at radius 3 is 1.73 bits per heavy atom. The molecule has 0 radical (unpaired) electrons. The van der Waals surface area contributed by atoms with Crippen molar-refractivity contribution in [2.24, 2.45) is 5.92 Å². The number of hydrogen-bond acceptors (Lipinski definition) is 15. The summed E-state index contributed by atoms with van der Waals surface area (Å²) in [6.07, 6.45) is 20.3. The van der Waals surface area contributed by atoms with Gasteiger partial charge in [-0.05, 0) is 44.2 Å². The van der Waals surface area contributed by atoms with Gasteiger partial charge in [0.2, 0.25) is 5.91 Å². The summed E-state index contributed by atoms with van der Waals surface area (Å²) < 4.78 is 46.7. The van der Waals surface area contributed by atoms with E-state index in [2.05, 4.69) is 29.8 Å². The molecule has 4 unspecified atom stereocenters. The second-order valence-electron chi connectivity index (χ2n) is 20.3. The summed E-state index contributed by atoms with van der Waals surface area (Å²) in [6.45, 7) is 6.36. The van der Waals surface area contributed by atoms with Crippen LogP contribution in [0.5, 0.6) is 0 Å². The number of phosphoric acid groups is 1. The molecule has 1 heterocycles. The van der Waals surface area contributed by atoms with E-state index in [0.29, 0.717) is 25.7 Å². The monoisotopic (exact) mass is 1060 g/mol. The summed E-state index contributed by atoms with van der Waals surface area (Å²) >= 11 is 0. The average Bonchev–Trinajstić information content (AvgIpc) is 3.83. The first-order valence-corrected chi connectivity index (χ1v) is 29.7. The minimum Gasteiger partial charge on any atom is -0.462 e. The van der Waals surface area contributed by atoms with Gasteiger partial charge in [-0.15, -0.1) is 0 Å². The van der Waals surface area contributed by atoms with Crippen molar-refractivity contribution >= 4 is 32.8 Å². The molecule has 19 heteroatoms. The molecular formula is C54H99BN3O14P. The van der Waals surface area contributed by atoms with Gasteiger partial charge in [0.1, 0.15) is 12.7 Å². The molecule has 0 aliphatic carbocycles. The first-order valence-electron chi connectivity index (χ1n) is 28.2. The maximum absolute atomic E-state index is 13.5. The van der Waals surface area contributed by atoms with Crippen LogP contribution < -0.4 is 16.0 Å². The molecule has 1 aromatic carbocycles. The summed E-state index contributed by atoms with van der Waals surface area (Å²) in [7, 11) is -4.04. The zero-order valence-electron chi connectivity index (χ0n) is 45.5. The highest BCUT2D eigenvalue weighted by Gasteiger charge is 2.50. The molecule has 8 atom stereocenters. The number of aliphatic hydroxyl groups is 3. The highest BCUT2D eigenvalue weighted by molar-refractivity contribution is 7.47.